The zero-order chi connectivity index (χ0) is 36.7. The molecule has 0 aliphatic carbocycles. The zero-order valence-electron chi connectivity index (χ0n) is 30.3. The third kappa shape index (κ3) is 6.56. The molecule has 5 aromatic rings. The van der Waals surface area contributed by atoms with E-state index in [0.717, 1.165) is 41.6 Å². The van der Waals surface area contributed by atoms with Gasteiger partial charge >= 0.3 is 6.09 Å². The van der Waals surface area contributed by atoms with Crippen molar-refractivity contribution in [3.05, 3.63) is 113 Å². The standard InChI is InChI=1S/C42H43N5O5/c1-27-23-28(2)30-17-13-14-22-44(37(30)24-27)38(48)26-45-35-20-11-12-21-36(35)46(29-15-7-6-8-16-29)40(50)32(39(45)49)25-33-31-18-9-10-19-34(31)47(43-33)41(51)52-42(3,4)5/h6-12,15-16,18-21,23-24,32H,13-14,17,22,25-26H2,1-5H3. The minimum atomic E-state index is -1.27. The molecule has 10 nitrogen and oxygen atoms in total. The van der Waals surface area contributed by atoms with Gasteiger partial charge in [0.15, 0.2) is 0 Å². The van der Waals surface area contributed by atoms with E-state index in [1.807, 2.05) is 66.4 Å². The minimum Gasteiger partial charge on any atom is -0.442 e. The average molecular weight is 698 g/mol. The summed E-state index contributed by atoms with van der Waals surface area (Å²) in [4.78, 5) is 62.5. The van der Waals surface area contributed by atoms with E-state index in [1.165, 1.54) is 9.58 Å². The number of para-hydroxylation sites is 4. The summed E-state index contributed by atoms with van der Waals surface area (Å²) in [6.45, 7) is 9.71. The van der Waals surface area contributed by atoms with Gasteiger partial charge in [-0.2, -0.15) is 9.78 Å². The third-order valence-electron chi connectivity index (χ3n) is 9.68. The van der Waals surface area contributed by atoms with Crippen LogP contribution in [0.4, 0.5) is 27.5 Å². The number of fused-ring (bicyclic) bond motifs is 3. The molecule has 4 aromatic carbocycles. The second-order valence-corrected chi connectivity index (χ2v) is 14.6. The first-order chi connectivity index (χ1) is 24.9. The van der Waals surface area contributed by atoms with Crippen LogP contribution in [0.15, 0.2) is 91.0 Å². The first-order valence-electron chi connectivity index (χ1n) is 17.8. The van der Waals surface area contributed by atoms with Gasteiger partial charge in [0, 0.05) is 29.7 Å². The van der Waals surface area contributed by atoms with Crippen LogP contribution in [0.1, 0.15) is 56.0 Å². The van der Waals surface area contributed by atoms with Crippen LogP contribution in [-0.2, 0) is 32.0 Å². The highest BCUT2D eigenvalue weighted by molar-refractivity contribution is 6.21. The van der Waals surface area contributed by atoms with Crippen LogP contribution in [0.25, 0.3) is 10.9 Å². The minimum absolute atomic E-state index is 0.110. The van der Waals surface area contributed by atoms with Gasteiger partial charge in [0.05, 0.1) is 22.6 Å². The van der Waals surface area contributed by atoms with Crippen LogP contribution in [0.2, 0.25) is 0 Å². The van der Waals surface area contributed by atoms with Gasteiger partial charge in [-0.1, -0.05) is 54.6 Å². The van der Waals surface area contributed by atoms with Crippen molar-refractivity contribution in [1.29, 1.82) is 0 Å². The molecule has 0 bridgehead atoms. The normalized spacial score (nSPS) is 16.3. The molecule has 0 fully saturated rings. The molecule has 266 valence electrons. The summed E-state index contributed by atoms with van der Waals surface area (Å²) >= 11 is 0. The van der Waals surface area contributed by atoms with Crippen LogP contribution in [-0.4, -0.2) is 52.3 Å². The van der Waals surface area contributed by atoms with E-state index in [4.69, 9.17) is 4.74 Å². The number of carbonyl (C=O) groups is 4. The molecule has 7 rings (SSSR count). The number of benzene rings is 4. The number of rotatable bonds is 5. The molecule has 0 saturated carbocycles. The highest BCUT2D eigenvalue weighted by atomic mass is 16.6. The van der Waals surface area contributed by atoms with E-state index in [-0.39, 0.29) is 18.9 Å². The highest BCUT2D eigenvalue weighted by Crippen LogP contribution is 2.41. The van der Waals surface area contributed by atoms with Gasteiger partial charge in [0.1, 0.15) is 18.1 Å². The molecule has 3 heterocycles. The van der Waals surface area contributed by atoms with Crippen molar-refractivity contribution >= 4 is 57.5 Å². The van der Waals surface area contributed by atoms with Crippen LogP contribution >= 0.6 is 0 Å². The van der Waals surface area contributed by atoms with E-state index in [9.17, 15) is 19.2 Å². The van der Waals surface area contributed by atoms with E-state index in [0.29, 0.717) is 40.2 Å². The molecular weight excluding hydrogens is 654 g/mol. The highest BCUT2D eigenvalue weighted by Gasteiger charge is 2.43. The summed E-state index contributed by atoms with van der Waals surface area (Å²) in [6.07, 6.45) is 1.89. The van der Waals surface area contributed by atoms with Crippen molar-refractivity contribution in [3.63, 3.8) is 0 Å². The Hall–Kier alpha value is -5.77. The largest absolute Gasteiger partial charge is 0.442 e. The quantitative estimate of drug-likeness (QED) is 0.175. The molecule has 0 spiro atoms. The Bertz CT molecular complexity index is 2200. The third-order valence-corrected chi connectivity index (χ3v) is 9.68. The fourth-order valence-electron chi connectivity index (χ4n) is 7.38. The smallest absolute Gasteiger partial charge is 0.435 e. The van der Waals surface area contributed by atoms with Gasteiger partial charge in [-0.05, 0) is 107 Å². The summed E-state index contributed by atoms with van der Waals surface area (Å²) in [5.41, 5.74) is 5.91. The lowest BCUT2D eigenvalue weighted by Gasteiger charge is -2.29. The molecule has 0 N–H and O–H groups in total. The molecule has 1 unspecified atom stereocenters. The predicted molar refractivity (Wildman–Crippen MR) is 202 cm³/mol. The predicted octanol–water partition coefficient (Wildman–Crippen LogP) is 7.68. The van der Waals surface area contributed by atoms with Crippen molar-refractivity contribution in [1.82, 2.24) is 9.78 Å². The van der Waals surface area contributed by atoms with Crippen LogP contribution in [0, 0.1) is 19.8 Å². The maximum Gasteiger partial charge on any atom is 0.435 e. The summed E-state index contributed by atoms with van der Waals surface area (Å²) in [6, 6.07) is 27.8. The van der Waals surface area contributed by atoms with Crippen LogP contribution in [0.3, 0.4) is 0 Å². The SMILES string of the molecule is Cc1cc(C)c2c(c1)N(C(=O)CN1C(=O)C(Cc3nn(C(=O)OC(C)(C)C)c4ccccc34)C(=O)N(c3ccccc3)c3ccccc31)CCCC2. The Balaban J connectivity index is 1.33. The van der Waals surface area contributed by atoms with Gasteiger partial charge in [-0.3, -0.25) is 19.3 Å². The lowest BCUT2D eigenvalue weighted by molar-refractivity contribution is -0.132. The van der Waals surface area contributed by atoms with Gasteiger partial charge in [-0.25, -0.2) is 4.79 Å². The van der Waals surface area contributed by atoms with E-state index in [1.54, 1.807) is 49.9 Å². The van der Waals surface area contributed by atoms with Crippen molar-refractivity contribution in [2.24, 2.45) is 5.92 Å². The number of anilines is 4. The fourth-order valence-corrected chi connectivity index (χ4v) is 7.38. The van der Waals surface area contributed by atoms with Crippen LogP contribution < -0.4 is 14.7 Å². The molecule has 3 amide bonds. The lowest BCUT2D eigenvalue weighted by Crippen LogP contribution is -2.47. The van der Waals surface area contributed by atoms with E-state index < -0.39 is 29.4 Å². The number of amides is 3. The molecule has 2 aliphatic heterocycles. The number of hydrogen-bond acceptors (Lipinski definition) is 6. The van der Waals surface area contributed by atoms with Crippen molar-refractivity contribution < 1.29 is 23.9 Å². The molecule has 10 heteroatoms. The topological polar surface area (TPSA) is 105 Å². The average Bonchev–Trinajstić information content (AvgIpc) is 3.29. The van der Waals surface area contributed by atoms with Gasteiger partial charge in [-0.15, -0.1) is 0 Å². The Morgan fingerprint density at radius 3 is 2.27 bits per heavy atom. The number of hydrogen-bond donors (Lipinski definition) is 0. The van der Waals surface area contributed by atoms with Crippen LogP contribution in [0.5, 0.6) is 0 Å². The van der Waals surface area contributed by atoms with Gasteiger partial charge < -0.3 is 14.5 Å². The number of nitrogens with zero attached hydrogens (tertiary/aromatic N) is 5. The van der Waals surface area contributed by atoms with E-state index in [2.05, 4.69) is 24.2 Å². The second-order valence-electron chi connectivity index (χ2n) is 14.6. The summed E-state index contributed by atoms with van der Waals surface area (Å²) in [7, 11) is 0. The molecule has 2 aliphatic rings. The maximum absolute atomic E-state index is 15.0. The van der Waals surface area contributed by atoms with Gasteiger partial charge in [0.25, 0.3) is 0 Å². The molecule has 52 heavy (non-hydrogen) atoms. The first-order valence-corrected chi connectivity index (χ1v) is 17.8. The summed E-state index contributed by atoms with van der Waals surface area (Å²) in [5.74, 6) is -2.47. The molecule has 0 radical (unpaired) electrons. The van der Waals surface area contributed by atoms with Crippen molar-refractivity contribution in [2.45, 2.75) is 65.9 Å². The number of aromatic nitrogens is 2. The zero-order valence-corrected chi connectivity index (χ0v) is 30.3. The Morgan fingerprint density at radius 2 is 1.52 bits per heavy atom. The monoisotopic (exact) mass is 697 g/mol. The Morgan fingerprint density at radius 1 is 0.827 bits per heavy atom. The lowest BCUT2D eigenvalue weighted by atomic mass is 9.97. The fraction of sp³-hybridized carbons (Fsp3) is 0.310. The Labute approximate surface area is 303 Å². The molecular formula is C42H43N5O5. The first kappa shape index (κ1) is 34.7. The summed E-state index contributed by atoms with van der Waals surface area (Å²) < 4.78 is 6.84. The second kappa shape index (κ2) is 13.7. The maximum atomic E-state index is 15.0. The molecule has 1 aromatic heterocycles. The van der Waals surface area contributed by atoms with Crippen molar-refractivity contribution in [3.8, 4) is 0 Å². The summed E-state index contributed by atoms with van der Waals surface area (Å²) in [5, 5.41) is 5.27. The van der Waals surface area contributed by atoms with E-state index >= 15 is 0 Å². The number of carbonyl (C=O) groups excluding carboxylic acids is 4. The number of ether oxygens (including phenoxy) is 1. The number of aryl methyl sites for hydroxylation is 2. The molecule has 1 atom stereocenters. The molecule has 0 saturated heterocycles. The van der Waals surface area contributed by atoms with Crippen molar-refractivity contribution in [2.75, 3.05) is 27.8 Å². The van der Waals surface area contributed by atoms with Gasteiger partial charge in [0.2, 0.25) is 17.7 Å². The Kier molecular flexibility index (Phi) is 9.16.